The highest BCUT2D eigenvalue weighted by molar-refractivity contribution is 7.90. The van der Waals surface area contributed by atoms with Gasteiger partial charge in [0.25, 0.3) is 5.91 Å². The zero-order valence-electron chi connectivity index (χ0n) is 13.8. The highest BCUT2D eigenvalue weighted by atomic mass is 32.2. The topological polar surface area (TPSA) is 81.1 Å². The van der Waals surface area contributed by atoms with E-state index < -0.39 is 21.2 Å². The molecular formula is C17H21N3O3S. The summed E-state index contributed by atoms with van der Waals surface area (Å²) in [5, 5.41) is 4.77. The second-order valence-electron chi connectivity index (χ2n) is 6.48. The molecule has 0 saturated heterocycles. The van der Waals surface area contributed by atoms with Crippen LogP contribution in [0.4, 0.5) is 0 Å². The maximum absolute atomic E-state index is 11.7. The van der Waals surface area contributed by atoms with Crippen LogP contribution < -0.4 is 4.72 Å². The first-order valence-electron chi connectivity index (χ1n) is 8.04. The third kappa shape index (κ3) is 3.84. The molecule has 6 nitrogen and oxygen atoms in total. The van der Waals surface area contributed by atoms with Crippen molar-refractivity contribution in [3.05, 3.63) is 36.0 Å². The Morgan fingerprint density at radius 3 is 2.83 bits per heavy atom. The smallest absolute Gasteiger partial charge is 0.257 e. The van der Waals surface area contributed by atoms with Crippen LogP contribution in [0.25, 0.3) is 17.0 Å². The molecule has 0 atom stereocenters. The van der Waals surface area contributed by atoms with E-state index in [1.54, 1.807) is 6.08 Å². The van der Waals surface area contributed by atoms with Gasteiger partial charge < -0.3 is 0 Å². The van der Waals surface area contributed by atoms with Crippen molar-refractivity contribution in [3.8, 4) is 0 Å². The molecule has 24 heavy (non-hydrogen) atoms. The lowest BCUT2D eigenvalue weighted by atomic mass is 10.1. The van der Waals surface area contributed by atoms with E-state index in [0.717, 1.165) is 28.9 Å². The largest absolute Gasteiger partial charge is 0.269 e. The molecule has 0 radical (unpaired) electrons. The average molecular weight is 347 g/mol. The molecule has 1 aliphatic carbocycles. The Hall–Kier alpha value is -2.15. The van der Waals surface area contributed by atoms with Gasteiger partial charge in [0.05, 0.1) is 17.0 Å². The summed E-state index contributed by atoms with van der Waals surface area (Å²) < 4.78 is 27.3. The Bertz CT molecular complexity index is 893. The van der Waals surface area contributed by atoms with Crippen molar-refractivity contribution in [2.24, 2.45) is 5.92 Å². The van der Waals surface area contributed by atoms with Crippen LogP contribution in [0.2, 0.25) is 0 Å². The molecule has 7 heteroatoms. The van der Waals surface area contributed by atoms with E-state index in [2.05, 4.69) is 5.10 Å². The van der Waals surface area contributed by atoms with Crippen molar-refractivity contribution in [1.82, 2.24) is 14.5 Å². The molecule has 0 spiro atoms. The molecule has 1 aromatic heterocycles. The predicted octanol–water partition coefficient (Wildman–Crippen LogP) is 2.31. The monoisotopic (exact) mass is 347 g/mol. The summed E-state index contributed by atoms with van der Waals surface area (Å²) in [6, 6.07) is 5.81. The average Bonchev–Trinajstić information content (AvgIpc) is 3.24. The zero-order chi connectivity index (χ0) is 17.3. The van der Waals surface area contributed by atoms with Gasteiger partial charge in [0.15, 0.2) is 0 Å². The number of aromatic nitrogens is 2. The van der Waals surface area contributed by atoms with E-state index in [1.165, 1.54) is 32.8 Å². The first kappa shape index (κ1) is 16.7. The van der Waals surface area contributed by atoms with Crippen LogP contribution >= 0.6 is 0 Å². The summed E-state index contributed by atoms with van der Waals surface area (Å²) in [5.41, 5.74) is 1.90. The molecule has 0 aliphatic heterocycles. The van der Waals surface area contributed by atoms with Gasteiger partial charge in [0.2, 0.25) is 10.0 Å². The van der Waals surface area contributed by atoms with Crippen molar-refractivity contribution >= 4 is 32.9 Å². The first-order valence-corrected chi connectivity index (χ1v) is 9.59. The van der Waals surface area contributed by atoms with Gasteiger partial charge in [-0.05, 0) is 56.4 Å². The predicted molar refractivity (Wildman–Crippen MR) is 93.7 cm³/mol. The number of hydrogen-bond donors (Lipinski definition) is 1. The normalized spacial score (nSPS) is 15.5. The minimum absolute atomic E-state index is 0.645. The number of hydrogen-bond acceptors (Lipinski definition) is 4. The van der Waals surface area contributed by atoms with Crippen LogP contribution in [0, 0.1) is 5.92 Å². The van der Waals surface area contributed by atoms with Crippen molar-refractivity contribution < 1.29 is 13.2 Å². The van der Waals surface area contributed by atoms with Crippen molar-refractivity contribution in [3.63, 3.8) is 0 Å². The Kier molecular flexibility index (Phi) is 4.45. The van der Waals surface area contributed by atoms with Crippen molar-refractivity contribution in [2.75, 3.05) is 0 Å². The lowest BCUT2D eigenvalue weighted by Gasteiger charge is -2.07. The molecule has 1 aliphatic rings. The molecule has 128 valence electrons. The third-order valence-corrected chi connectivity index (χ3v) is 5.81. The van der Waals surface area contributed by atoms with Crippen LogP contribution in [0.1, 0.15) is 32.3 Å². The number of benzene rings is 1. The van der Waals surface area contributed by atoms with Crippen molar-refractivity contribution in [2.45, 2.75) is 38.5 Å². The van der Waals surface area contributed by atoms with E-state index in [4.69, 9.17) is 0 Å². The Labute approximate surface area is 141 Å². The number of fused-ring (bicyclic) bond motifs is 1. The number of amides is 1. The fraction of sp³-hybridized carbons (Fsp3) is 0.412. The summed E-state index contributed by atoms with van der Waals surface area (Å²) in [5.74, 6) is 0.104. The summed E-state index contributed by atoms with van der Waals surface area (Å²) in [4.78, 5) is 11.7. The Morgan fingerprint density at radius 2 is 2.17 bits per heavy atom. The number of nitrogens with zero attached hydrogens (tertiary/aromatic N) is 2. The first-order chi connectivity index (χ1) is 11.3. The standard InChI is InChI=1S/C17H21N3O3S/c1-12(2)24(22,23)19-17(21)8-6-13-5-7-16-15(9-13)10-18-20(16)11-14-3-4-14/h5-10,12,14H,3-4,11H2,1-2H3,(H,19,21)/b8-6+. The van der Waals surface area contributed by atoms with E-state index in [1.807, 2.05) is 33.8 Å². The third-order valence-electron chi connectivity index (χ3n) is 4.08. The molecule has 1 heterocycles. The number of carbonyl (C=O) groups excluding carboxylic acids is 1. The molecule has 1 N–H and O–H groups in total. The highest BCUT2D eigenvalue weighted by Gasteiger charge is 2.22. The van der Waals surface area contributed by atoms with Gasteiger partial charge >= 0.3 is 0 Å². The molecule has 2 aromatic rings. The van der Waals surface area contributed by atoms with Gasteiger partial charge in [-0.15, -0.1) is 0 Å². The molecule has 0 unspecified atom stereocenters. The van der Waals surface area contributed by atoms with Gasteiger partial charge in [0, 0.05) is 18.0 Å². The van der Waals surface area contributed by atoms with Crippen LogP contribution in [0.15, 0.2) is 30.5 Å². The van der Waals surface area contributed by atoms with Crippen LogP contribution in [-0.4, -0.2) is 29.4 Å². The molecule has 0 bridgehead atoms. The van der Waals surface area contributed by atoms with E-state index in [0.29, 0.717) is 0 Å². The lowest BCUT2D eigenvalue weighted by molar-refractivity contribution is -0.114. The number of sulfonamides is 1. The maximum atomic E-state index is 11.7. The second kappa shape index (κ2) is 6.39. The van der Waals surface area contributed by atoms with Gasteiger partial charge in [-0.2, -0.15) is 5.10 Å². The summed E-state index contributed by atoms with van der Waals surface area (Å²) in [6.45, 7) is 3.99. The van der Waals surface area contributed by atoms with Crippen molar-refractivity contribution in [1.29, 1.82) is 0 Å². The lowest BCUT2D eigenvalue weighted by Crippen LogP contribution is -2.34. The second-order valence-corrected chi connectivity index (χ2v) is 8.72. The molecule has 1 saturated carbocycles. The number of carbonyl (C=O) groups is 1. The Balaban J connectivity index is 1.71. The zero-order valence-corrected chi connectivity index (χ0v) is 14.6. The SMILES string of the molecule is CC(C)S(=O)(=O)NC(=O)/C=C/c1ccc2c(cnn2CC2CC2)c1. The maximum Gasteiger partial charge on any atom is 0.257 e. The van der Waals surface area contributed by atoms with E-state index >= 15 is 0 Å². The fourth-order valence-electron chi connectivity index (χ4n) is 2.36. The van der Waals surface area contributed by atoms with Gasteiger partial charge in [-0.1, -0.05) is 6.07 Å². The Morgan fingerprint density at radius 1 is 1.42 bits per heavy atom. The fourth-order valence-corrected chi connectivity index (χ4v) is 2.95. The van der Waals surface area contributed by atoms with E-state index in [-0.39, 0.29) is 0 Å². The van der Waals surface area contributed by atoms with Gasteiger partial charge in [0.1, 0.15) is 0 Å². The highest BCUT2D eigenvalue weighted by Crippen LogP contribution is 2.31. The molecular weight excluding hydrogens is 326 g/mol. The number of nitrogens with one attached hydrogen (secondary N) is 1. The van der Waals surface area contributed by atoms with Crippen LogP contribution in [-0.2, 0) is 21.4 Å². The summed E-state index contributed by atoms with van der Waals surface area (Å²) >= 11 is 0. The van der Waals surface area contributed by atoms with E-state index in [9.17, 15) is 13.2 Å². The summed E-state index contributed by atoms with van der Waals surface area (Å²) in [7, 11) is -3.60. The minimum Gasteiger partial charge on any atom is -0.269 e. The van der Waals surface area contributed by atoms with Crippen LogP contribution in [0.5, 0.6) is 0 Å². The quantitative estimate of drug-likeness (QED) is 0.813. The minimum atomic E-state index is -3.60. The molecule has 1 fully saturated rings. The molecule has 1 amide bonds. The van der Waals surface area contributed by atoms with Gasteiger partial charge in [-0.25, -0.2) is 13.1 Å². The number of rotatable bonds is 6. The summed E-state index contributed by atoms with van der Waals surface area (Å²) in [6.07, 6.45) is 7.20. The van der Waals surface area contributed by atoms with Crippen LogP contribution in [0.3, 0.4) is 0 Å². The van der Waals surface area contributed by atoms with Gasteiger partial charge in [-0.3, -0.25) is 9.48 Å². The molecule has 3 rings (SSSR count). The molecule has 1 aromatic carbocycles.